The van der Waals surface area contributed by atoms with Gasteiger partial charge in [-0.15, -0.1) is 0 Å². The average molecular weight is 453 g/mol. The minimum atomic E-state index is -3.95. The monoisotopic (exact) mass is 452 g/mol. The smallest absolute Gasteiger partial charge is 0.262 e. The molecule has 1 aliphatic rings. The number of nitrogens with zero attached hydrogens (tertiary/aromatic N) is 1. The first kappa shape index (κ1) is 22.6. The predicted octanol–water partition coefficient (Wildman–Crippen LogP) is 3.60. The average Bonchev–Trinajstić information content (AvgIpc) is 2.67. The zero-order valence-electron chi connectivity index (χ0n) is 17.7. The molecule has 0 saturated carbocycles. The van der Waals surface area contributed by atoms with Crippen LogP contribution >= 0.6 is 0 Å². The lowest BCUT2D eigenvalue weighted by Crippen LogP contribution is -2.35. The zero-order valence-corrected chi connectivity index (χ0v) is 19.4. The Hall–Kier alpha value is -2.10. The third-order valence-corrected chi connectivity index (χ3v) is 8.81. The maximum atomic E-state index is 13.2. The summed E-state index contributed by atoms with van der Waals surface area (Å²) < 4.78 is 61.6. The van der Waals surface area contributed by atoms with Crippen LogP contribution in [0.2, 0.25) is 0 Å². The van der Waals surface area contributed by atoms with E-state index in [1.807, 2.05) is 6.92 Å². The van der Waals surface area contributed by atoms with Gasteiger partial charge in [-0.1, -0.05) is 24.1 Å². The number of aryl methyl sites for hydroxylation is 3. The van der Waals surface area contributed by atoms with Gasteiger partial charge < -0.3 is 4.74 Å². The second kappa shape index (κ2) is 8.56. The number of anilines is 1. The normalized spacial score (nSPS) is 15.7. The molecule has 7 nitrogen and oxygen atoms in total. The maximum absolute atomic E-state index is 13.2. The van der Waals surface area contributed by atoms with Gasteiger partial charge in [-0.3, -0.25) is 4.72 Å². The van der Waals surface area contributed by atoms with Crippen LogP contribution in [0.5, 0.6) is 5.75 Å². The van der Waals surface area contributed by atoms with E-state index in [1.165, 1.54) is 29.6 Å². The highest BCUT2D eigenvalue weighted by Gasteiger charge is 2.28. The topological polar surface area (TPSA) is 92.8 Å². The molecule has 0 aromatic heterocycles. The first-order chi connectivity index (χ1) is 14.1. The molecule has 9 heteroatoms. The molecule has 0 aliphatic carbocycles. The van der Waals surface area contributed by atoms with Crippen LogP contribution in [-0.4, -0.2) is 41.3 Å². The van der Waals surface area contributed by atoms with Crippen molar-refractivity contribution in [3.63, 3.8) is 0 Å². The summed E-state index contributed by atoms with van der Waals surface area (Å²) in [4.78, 5) is 0.222. The fourth-order valence-corrected chi connectivity index (χ4v) is 7.03. The van der Waals surface area contributed by atoms with Gasteiger partial charge in [0.25, 0.3) is 10.0 Å². The summed E-state index contributed by atoms with van der Waals surface area (Å²) in [5, 5.41) is 0. The Balaban J connectivity index is 2.03. The number of benzene rings is 2. The number of ether oxygens (including phenoxy) is 1. The molecule has 1 heterocycles. The Morgan fingerprint density at radius 3 is 2.07 bits per heavy atom. The second-order valence-corrected chi connectivity index (χ2v) is 11.2. The van der Waals surface area contributed by atoms with Gasteiger partial charge in [-0.05, 0) is 62.9 Å². The van der Waals surface area contributed by atoms with Crippen molar-refractivity contribution in [1.29, 1.82) is 0 Å². The van der Waals surface area contributed by atoms with Gasteiger partial charge in [0.05, 0.1) is 22.6 Å². The first-order valence-corrected chi connectivity index (χ1v) is 12.8. The van der Waals surface area contributed by atoms with Crippen molar-refractivity contribution in [3.8, 4) is 5.75 Å². The molecule has 164 valence electrons. The molecule has 1 aliphatic heterocycles. The van der Waals surface area contributed by atoms with E-state index < -0.39 is 20.0 Å². The fourth-order valence-electron chi connectivity index (χ4n) is 3.97. The van der Waals surface area contributed by atoms with Crippen LogP contribution in [0.1, 0.15) is 36.0 Å². The van der Waals surface area contributed by atoms with Crippen LogP contribution in [0.3, 0.4) is 0 Å². The van der Waals surface area contributed by atoms with Crippen LogP contribution in [0.4, 0.5) is 5.69 Å². The van der Waals surface area contributed by atoms with Crippen LogP contribution < -0.4 is 9.46 Å². The molecular formula is C21H28N2O5S2. The van der Waals surface area contributed by atoms with E-state index in [1.54, 1.807) is 26.0 Å². The molecule has 0 spiro atoms. The quantitative estimate of drug-likeness (QED) is 0.723. The molecule has 2 aromatic rings. The highest BCUT2D eigenvalue weighted by Crippen LogP contribution is 2.33. The van der Waals surface area contributed by atoms with E-state index in [4.69, 9.17) is 4.74 Å². The number of hydrogen-bond acceptors (Lipinski definition) is 5. The summed E-state index contributed by atoms with van der Waals surface area (Å²) in [6.07, 6.45) is 2.65. The van der Waals surface area contributed by atoms with Crippen LogP contribution in [0, 0.1) is 20.8 Å². The van der Waals surface area contributed by atoms with Crippen molar-refractivity contribution >= 4 is 25.7 Å². The van der Waals surface area contributed by atoms with E-state index in [2.05, 4.69) is 4.72 Å². The lowest BCUT2D eigenvalue weighted by molar-refractivity contribution is 0.346. The second-order valence-electron chi connectivity index (χ2n) is 7.66. The first-order valence-electron chi connectivity index (χ1n) is 9.85. The van der Waals surface area contributed by atoms with E-state index >= 15 is 0 Å². The van der Waals surface area contributed by atoms with Gasteiger partial charge in [0.2, 0.25) is 10.0 Å². The Morgan fingerprint density at radius 2 is 1.50 bits per heavy atom. The lowest BCUT2D eigenvalue weighted by atomic mass is 10.1. The van der Waals surface area contributed by atoms with Gasteiger partial charge >= 0.3 is 0 Å². The molecule has 0 unspecified atom stereocenters. The summed E-state index contributed by atoms with van der Waals surface area (Å²) in [5.74, 6) is 0.249. The van der Waals surface area contributed by atoms with E-state index in [0.717, 1.165) is 24.8 Å². The minimum absolute atomic E-state index is 0.0419. The van der Waals surface area contributed by atoms with Crippen LogP contribution in [-0.2, 0) is 20.0 Å². The number of methoxy groups -OCH3 is 1. The Bertz CT molecular complexity index is 1130. The Labute approximate surface area is 179 Å². The molecule has 3 rings (SSSR count). The summed E-state index contributed by atoms with van der Waals surface area (Å²) >= 11 is 0. The van der Waals surface area contributed by atoms with Gasteiger partial charge in [-0.2, -0.15) is 4.31 Å². The van der Waals surface area contributed by atoms with Gasteiger partial charge in [0.15, 0.2) is 0 Å². The maximum Gasteiger partial charge on any atom is 0.262 e. The standard InChI is InChI=1S/C21H28N2O5S2/c1-15-12-16(2)21(17(3)13-15)29(24,25)22-19-14-18(8-9-20(19)28-4)30(26,27)23-10-6-5-7-11-23/h8-9,12-14,22H,5-7,10-11H2,1-4H3. The largest absolute Gasteiger partial charge is 0.495 e. The van der Waals surface area contributed by atoms with E-state index in [9.17, 15) is 16.8 Å². The third-order valence-electron chi connectivity index (χ3n) is 5.24. The molecule has 1 saturated heterocycles. The molecule has 0 bridgehead atoms. The summed E-state index contributed by atoms with van der Waals surface area (Å²) in [6.45, 7) is 6.32. The number of hydrogen-bond donors (Lipinski definition) is 1. The number of piperidine rings is 1. The number of sulfonamides is 2. The highest BCUT2D eigenvalue weighted by molar-refractivity contribution is 7.92. The minimum Gasteiger partial charge on any atom is -0.495 e. The third kappa shape index (κ3) is 4.48. The molecule has 0 radical (unpaired) electrons. The van der Waals surface area contributed by atoms with Gasteiger partial charge in [0.1, 0.15) is 5.75 Å². The van der Waals surface area contributed by atoms with Crippen molar-refractivity contribution in [2.75, 3.05) is 24.9 Å². The van der Waals surface area contributed by atoms with Gasteiger partial charge in [0, 0.05) is 13.1 Å². The van der Waals surface area contributed by atoms with Crippen molar-refractivity contribution in [3.05, 3.63) is 47.0 Å². The molecular weight excluding hydrogens is 424 g/mol. The zero-order chi connectivity index (χ0) is 22.1. The van der Waals surface area contributed by atoms with Crippen LogP contribution in [0.25, 0.3) is 0 Å². The SMILES string of the molecule is COc1ccc(S(=O)(=O)N2CCCCC2)cc1NS(=O)(=O)c1c(C)cc(C)cc1C. The molecule has 0 amide bonds. The fraction of sp³-hybridized carbons (Fsp3) is 0.429. The number of rotatable bonds is 6. The molecule has 1 fully saturated rings. The molecule has 0 atom stereocenters. The predicted molar refractivity (Wildman–Crippen MR) is 117 cm³/mol. The van der Waals surface area contributed by atoms with Crippen LogP contribution in [0.15, 0.2) is 40.1 Å². The van der Waals surface area contributed by atoms with Crippen molar-refractivity contribution in [2.24, 2.45) is 0 Å². The van der Waals surface area contributed by atoms with Gasteiger partial charge in [-0.25, -0.2) is 16.8 Å². The highest BCUT2D eigenvalue weighted by atomic mass is 32.2. The molecule has 30 heavy (non-hydrogen) atoms. The summed E-state index contributed by atoms with van der Waals surface area (Å²) in [5.41, 5.74) is 2.30. The Morgan fingerprint density at radius 1 is 0.900 bits per heavy atom. The summed E-state index contributed by atoms with van der Waals surface area (Å²) in [6, 6.07) is 7.86. The molecule has 2 aromatic carbocycles. The van der Waals surface area contributed by atoms with E-state index in [0.29, 0.717) is 24.2 Å². The summed E-state index contributed by atoms with van der Waals surface area (Å²) in [7, 11) is -6.25. The number of nitrogens with one attached hydrogen (secondary N) is 1. The molecule has 1 N–H and O–H groups in total. The van der Waals surface area contributed by atoms with Crippen molar-refractivity contribution in [2.45, 2.75) is 49.8 Å². The van der Waals surface area contributed by atoms with Crippen molar-refractivity contribution in [1.82, 2.24) is 4.31 Å². The Kier molecular flexibility index (Phi) is 6.45. The van der Waals surface area contributed by atoms with E-state index in [-0.39, 0.29) is 21.2 Å². The lowest BCUT2D eigenvalue weighted by Gasteiger charge is -2.26. The van der Waals surface area contributed by atoms with Crippen molar-refractivity contribution < 1.29 is 21.6 Å².